The van der Waals surface area contributed by atoms with Crippen LogP contribution in [0.4, 0.5) is 0 Å². The molecule has 98 valence electrons. The number of ether oxygens (including phenoxy) is 2. The predicted molar refractivity (Wildman–Crippen MR) is 62.3 cm³/mol. The number of carbonyl (C=O) groups excluding carboxylic acids is 1. The standard InChI is InChI=1S/C12H17N3O3/c1-3-17-12(16)11-14-13-7(2)15(11)9-6-8-4-5-10(9)18-8/h8-10H,3-6H2,1-2H3. The zero-order valence-corrected chi connectivity index (χ0v) is 10.6. The molecule has 2 saturated heterocycles. The lowest BCUT2D eigenvalue weighted by Gasteiger charge is -2.22. The van der Waals surface area contributed by atoms with Gasteiger partial charge in [-0.3, -0.25) is 4.57 Å². The molecule has 18 heavy (non-hydrogen) atoms. The van der Waals surface area contributed by atoms with Crippen molar-refractivity contribution in [2.45, 2.75) is 51.4 Å². The summed E-state index contributed by atoms with van der Waals surface area (Å²) in [6.07, 6.45) is 3.64. The monoisotopic (exact) mass is 251 g/mol. The zero-order chi connectivity index (χ0) is 12.7. The summed E-state index contributed by atoms with van der Waals surface area (Å²) in [5, 5.41) is 7.95. The van der Waals surface area contributed by atoms with E-state index < -0.39 is 5.97 Å². The molecule has 0 radical (unpaired) electrons. The number of rotatable bonds is 3. The molecule has 1 aromatic heterocycles. The molecule has 0 aliphatic carbocycles. The fraction of sp³-hybridized carbons (Fsp3) is 0.750. The molecule has 2 aliphatic rings. The lowest BCUT2D eigenvalue weighted by atomic mass is 9.95. The summed E-state index contributed by atoms with van der Waals surface area (Å²) in [6.45, 7) is 3.99. The molecule has 0 aromatic carbocycles. The van der Waals surface area contributed by atoms with Crippen molar-refractivity contribution in [2.24, 2.45) is 0 Å². The largest absolute Gasteiger partial charge is 0.460 e. The van der Waals surface area contributed by atoms with Crippen LogP contribution in [0.25, 0.3) is 0 Å². The third-order valence-corrected chi connectivity index (χ3v) is 3.73. The number of aromatic nitrogens is 3. The maximum atomic E-state index is 11.9. The Balaban J connectivity index is 1.91. The second-order valence-electron chi connectivity index (χ2n) is 4.84. The van der Waals surface area contributed by atoms with Crippen molar-refractivity contribution in [1.29, 1.82) is 0 Å². The molecule has 2 bridgehead atoms. The highest BCUT2D eigenvalue weighted by molar-refractivity contribution is 5.85. The molecular formula is C12H17N3O3. The summed E-state index contributed by atoms with van der Waals surface area (Å²) < 4.78 is 12.7. The van der Waals surface area contributed by atoms with Crippen molar-refractivity contribution in [3.8, 4) is 0 Å². The first-order chi connectivity index (χ1) is 8.70. The minimum atomic E-state index is -0.402. The van der Waals surface area contributed by atoms with Crippen LogP contribution in [0, 0.1) is 6.92 Å². The SMILES string of the molecule is CCOC(=O)c1nnc(C)n1C1CC2CCC1O2. The topological polar surface area (TPSA) is 66.2 Å². The van der Waals surface area contributed by atoms with Crippen LogP contribution < -0.4 is 0 Å². The molecule has 3 heterocycles. The van der Waals surface area contributed by atoms with Gasteiger partial charge in [0, 0.05) is 0 Å². The summed E-state index contributed by atoms with van der Waals surface area (Å²) in [6, 6.07) is 0.179. The molecule has 6 heteroatoms. The van der Waals surface area contributed by atoms with E-state index in [0.717, 1.165) is 25.1 Å². The van der Waals surface area contributed by atoms with Gasteiger partial charge in [-0.05, 0) is 33.1 Å². The highest BCUT2D eigenvalue weighted by Crippen LogP contribution is 2.42. The molecular weight excluding hydrogens is 234 g/mol. The summed E-state index contributed by atoms with van der Waals surface area (Å²) in [5.41, 5.74) is 0. The van der Waals surface area contributed by atoms with Crippen molar-refractivity contribution >= 4 is 5.97 Å². The maximum Gasteiger partial charge on any atom is 0.376 e. The van der Waals surface area contributed by atoms with E-state index in [4.69, 9.17) is 9.47 Å². The Kier molecular flexibility index (Phi) is 2.81. The smallest absolute Gasteiger partial charge is 0.376 e. The molecule has 3 atom stereocenters. The van der Waals surface area contributed by atoms with Crippen LogP contribution in [-0.4, -0.2) is 39.5 Å². The van der Waals surface area contributed by atoms with Gasteiger partial charge < -0.3 is 9.47 Å². The van der Waals surface area contributed by atoms with Crippen LogP contribution in [0.3, 0.4) is 0 Å². The average Bonchev–Trinajstić information content (AvgIpc) is 3.02. The van der Waals surface area contributed by atoms with E-state index in [2.05, 4.69) is 10.2 Å². The van der Waals surface area contributed by atoms with Crippen LogP contribution >= 0.6 is 0 Å². The Hall–Kier alpha value is -1.43. The molecule has 0 saturated carbocycles. The van der Waals surface area contributed by atoms with E-state index in [1.54, 1.807) is 6.92 Å². The van der Waals surface area contributed by atoms with E-state index in [1.807, 2.05) is 11.5 Å². The van der Waals surface area contributed by atoms with Gasteiger partial charge in [-0.2, -0.15) is 0 Å². The number of esters is 1. The van der Waals surface area contributed by atoms with Gasteiger partial charge in [0.05, 0.1) is 24.9 Å². The van der Waals surface area contributed by atoms with Gasteiger partial charge in [0.1, 0.15) is 5.82 Å². The fourth-order valence-corrected chi connectivity index (χ4v) is 2.98. The van der Waals surface area contributed by atoms with Crippen molar-refractivity contribution in [3.63, 3.8) is 0 Å². The lowest BCUT2D eigenvalue weighted by Crippen LogP contribution is -2.26. The molecule has 0 amide bonds. The number of hydrogen-bond donors (Lipinski definition) is 0. The molecule has 1 aromatic rings. The quantitative estimate of drug-likeness (QED) is 0.756. The van der Waals surface area contributed by atoms with Gasteiger partial charge in [0.25, 0.3) is 0 Å². The van der Waals surface area contributed by atoms with Gasteiger partial charge in [-0.1, -0.05) is 0 Å². The number of nitrogens with zero attached hydrogens (tertiary/aromatic N) is 3. The molecule has 6 nitrogen and oxygen atoms in total. The first kappa shape index (κ1) is 11.6. The first-order valence-corrected chi connectivity index (χ1v) is 6.44. The van der Waals surface area contributed by atoms with E-state index in [1.165, 1.54) is 0 Å². The first-order valence-electron chi connectivity index (χ1n) is 6.44. The lowest BCUT2D eigenvalue weighted by molar-refractivity contribution is 0.0496. The summed E-state index contributed by atoms with van der Waals surface area (Å²) >= 11 is 0. The average molecular weight is 251 g/mol. The summed E-state index contributed by atoms with van der Waals surface area (Å²) in [4.78, 5) is 11.9. The summed E-state index contributed by atoms with van der Waals surface area (Å²) in [5.74, 6) is 0.649. The Morgan fingerprint density at radius 3 is 2.94 bits per heavy atom. The third kappa shape index (κ3) is 1.71. The van der Waals surface area contributed by atoms with Gasteiger partial charge in [0.15, 0.2) is 0 Å². The van der Waals surface area contributed by atoms with Crippen molar-refractivity contribution in [3.05, 3.63) is 11.6 Å². The van der Waals surface area contributed by atoms with Crippen LogP contribution in [0.1, 0.15) is 48.7 Å². The van der Waals surface area contributed by atoms with Crippen LogP contribution in [0.15, 0.2) is 0 Å². The second kappa shape index (κ2) is 4.35. The molecule has 0 spiro atoms. The summed E-state index contributed by atoms with van der Waals surface area (Å²) in [7, 11) is 0. The fourth-order valence-electron chi connectivity index (χ4n) is 2.98. The molecule has 3 rings (SSSR count). The second-order valence-corrected chi connectivity index (χ2v) is 4.84. The van der Waals surface area contributed by atoms with Gasteiger partial charge in [0.2, 0.25) is 5.82 Å². The van der Waals surface area contributed by atoms with E-state index in [9.17, 15) is 4.79 Å². The Morgan fingerprint density at radius 1 is 1.50 bits per heavy atom. The maximum absolute atomic E-state index is 11.9. The number of fused-ring (bicyclic) bond motifs is 2. The highest BCUT2D eigenvalue weighted by Gasteiger charge is 2.43. The number of aryl methyl sites for hydroxylation is 1. The van der Waals surface area contributed by atoms with E-state index in [0.29, 0.717) is 18.5 Å². The molecule has 2 fully saturated rings. The van der Waals surface area contributed by atoms with E-state index >= 15 is 0 Å². The van der Waals surface area contributed by atoms with Crippen molar-refractivity contribution in [2.75, 3.05) is 6.61 Å². The van der Waals surface area contributed by atoms with Gasteiger partial charge in [-0.25, -0.2) is 4.79 Å². The molecule has 3 unspecified atom stereocenters. The van der Waals surface area contributed by atoms with Crippen LogP contribution in [-0.2, 0) is 9.47 Å². The molecule has 2 aliphatic heterocycles. The highest BCUT2D eigenvalue weighted by atomic mass is 16.5. The minimum absolute atomic E-state index is 0.179. The van der Waals surface area contributed by atoms with Crippen LogP contribution in [0.5, 0.6) is 0 Å². The Bertz CT molecular complexity index is 471. The van der Waals surface area contributed by atoms with Gasteiger partial charge >= 0.3 is 5.97 Å². The zero-order valence-electron chi connectivity index (χ0n) is 10.6. The Morgan fingerprint density at radius 2 is 2.33 bits per heavy atom. The third-order valence-electron chi connectivity index (χ3n) is 3.73. The van der Waals surface area contributed by atoms with Gasteiger partial charge in [-0.15, -0.1) is 10.2 Å². The van der Waals surface area contributed by atoms with E-state index in [-0.39, 0.29) is 12.1 Å². The van der Waals surface area contributed by atoms with Crippen molar-refractivity contribution < 1.29 is 14.3 Å². The number of carbonyl (C=O) groups is 1. The minimum Gasteiger partial charge on any atom is -0.460 e. The van der Waals surface area contributed by atoms with Crippen molar-refractivity contribution in [1.82, 2.24) is 14.8 Å². The number of hydrogen-bond acceptors (Lipinski definition) is 5. The predicted octanol–water partition coefficient (Wildman–Crippen LogP) is 1.26. The normalized spacial score (nSPS) is 29.8. The molecule has 0 N–H and O–H groups in total. The Labute approximate surface area is 105 Å². The van der Waals surface area contributed by atoms with Crippen LogP contribution in [0.2, 0.25) is 0 Å².